The molecule has 0 aliphatic carbocycles. The number of hydrogen-bond donors (Lipinski definition) is 3. The maximum Gasteiger partial charge on any atom is 0.339 e. The van der Waals surface area contributed by atoms with E-state index < -0.39 is 16.1 Å². The number of fused-ring (bicyclic) bond motifs is 1. The standard InChI is InChI=1S/C24H20N6O4S/c31-24(26-15-17-4-2-1-3-5-17)29-23-27-21-11-8-19(14-22(21)28-23)34-35(32,33)20-9-6-18(7-10-20)30-13-12-25-16-30/h1-14,16H,15H2,(H3,26,27,28,29,31). The van der Waals surface area contributed by atoms with Gasteiger partial charge in [0.2, 0.25) is 5.95 Å². The number of hydrogen-bond acceptors (Lipinski definition) is 6. The smallest absolute Gasteiger partial charge is 0.339 e. The summed E-state index contributed by atoms with van der Waals surface area (Å²) in [7, 11) is -4.06. The van der Waals surface area contributed by atoms with Crippen molar-refractivity contribution in [2.45, 2.75) is 11.4 Å². The van der Waals surface area contributed by atoms with Crippen LogP contribution in [0.4, 0.5) is 10.7 Å². The third kappa shape index (κ3) is 5.14. The second kappa shape index (κ2) is 9.31. The lowest BCUT2D eigenvalue weighted by Gasteiger charge is -2.08. The number of nitrogens with one attached hydrogen (secondary N) is 3. The Hall–Kier alpha value is -4.64. The van der Waals surface area contributed by atoms with Crippen molar-refractivity contribution in [3.8, 4) is 11.4 Å². The molecule has 2 aromatic heterocycles. The Morgan fingerprint density at radius 3 is 2.57 bits per heavy atom. The van der Waals surface area contributed by atoms with Crippen LogP contribution in [0.1, 0.15) is 5.56 Å². The molecule has 5 rings (SSSR count). The van der Waals surface area contributed by atoms with E-state index in [0.29, 0.717) is 17.6 Å². The molecule has 0 saturated carbocycles. The molecule has 3 aromatic carbocycles. The van der Waals surface area contributed by atoms with Crippen LogP contribution in [0.3, 0.4) is 0 Å². The van der Waals surface area contributed by atoms with Gasteiger partial charge in [-0.1, -0.05) is 30.3 Å². The van der Waals surface area contributed by atoms with Gasteiger partial charge in [-0.05, 0) is 42.0 Å². The number of amides is 2. The monoisotopic (exact) mass is 488 g/mol. The first-order chi connectivity index (χ1) is 17.0. The van der Waals surface area contributed by atoms with Crippen molar-refractivity contribution >= 4 is 33.1 Å². The number of carbonyl (C=O) groups excluding carboxylic acids is 1. The maximum absolute atomic E-state index is 12.7. The van der Waals surface area contributed by atoms with Crippen LogP contribution >= 0.6 is 0 Å². The summed E-state index contributed by atoms with van der Waals surface area (Å²) >= 11 is 0. The molecule has 11 heteroatoms. The number of nitrogens with zero attached hydrogens (tertiary/aromatic N) is 3. The van der Waals surface area contributed by atoms with Crippen LogP contribution in [-0.2, 0) is 16.7 Å². The van der Waals surface area contributed by atoms with Crippen LogP contribution in [0.2, 0.25) is 0 Å². The average Bonchev–Trinajstić information content (AvgIpc) is 3.53. The Labute approximate surface area is 200 Å². The second-order valence-electron chi connectivity index (χ2n) is 7.56. The number of aromatic amines is 1. The lowest BCUT2D eigenvalue weighted by molar-refractivity contribution is 0.251. The zero-order chi connectivity index (χ0) is 24.3. The number of anilines is 1. The van der Waals surface area contributed by atoms with Gasteiger partial charge < -0.3 is 19.1 Å². The second-order valence-corrected chi connectivity index (χ2v) is 9.11. The van der Waals surface area contributed by atoms with Gasteiger partial charge in [-0.25, -0.2) is 14.8 Å². The molecule has 35 heavy (non-hydrogen) atoms. The first-order valence-electron chi connectivity index (χ1n) is 10.6. The number of aromatic nitrogens is 4. The van der Waals surface area contributed by atoms with Crippen LogP contribution in [0.5, 0.6) is 5.75 Å². The maximum atomic E-state index is 12.7. The molecular weight excluding hydrogens is 468 g/mol. The molecule has 0 aliphatic rings. The summed E-state index contributed by atoms with van der Waals surface area (Å²) in [5, 5.41) is 5.38. The summed E-state index contributed by atoms with van der Waals surface area (Å²) in [4.78, 5) is 23.4. The number of benzene rings is 3. The molecule has 0 atom stereocenters. The van der Waals surface area contributed by atoms with Crippen LogP contribution in [0.25, 0.3) is 16.7 Å². The summed E-state index contributed by atoms with van der Waals surface area (Å²) in [5.74, 6) is 0.323. The average molecular weight is 489 g/mol. The van der Waals surface area contributed by atoms with Gasteiger partial charge in [0.15, 0.2) is 0 Å². The highest BCUT2D eigenvalue weighted by Crippen LogP contribution is 2.24. The molecule has 3 N–H and O–H groups in total. The molecule has 0 fully saturated rings. The van der Waals surface area contributed by atoms with E-state index in [0.717, 1.165) is 11.3 Å². The molecule has 0 aliphatic heterocycles. The lowest BCUT2D eigenvalue weighted by Crippen LogP contribution is -2.28. The van der Waals surface area contributed by atoms with Crippen molar-refractivity contribution in [3.05, 3.63) is 97.1 Å². The van der Waals surface area contributed by atoms with Crippen molar-refractivity contribution in [2.75, 3.05) is 5.32 Å². The quantitative estimate of drug-likeness (QED) is 0.298. The molecule has 176 valence electrons. The van der Waals surface area contributed by atoms with Crippen molar-refractivity contribution in [3.63, 3.8) is 0 Å². The minimum absolute atomic E-state index is 0.0148. The molecule has 0 unspecified atom stereocenters. The minimum Gasteiger partial charge on any atom is -0.379 e. The van der Waals surface area contributed by atoms with Gasteiger partial charge in [0.05, 0.1) is 17.4 Å². The van der Waals surface area contributed by atoms with Crippen LogP contribution in [0.15, 0.2) is 96.4 Å². The summed E-state index contributed by atoms with van der Waals surface area (Å²) in [6.07, 6.45) is 5.02. The van der Waals surface area contributed by atoms with E-state index in [1.54, 1.807) is 41.5 Å². The van der Waals surface area contributed by atoms with E-state index in [4.69, 9.17) is 4.18 Å². The highest BCUT2D eigenvalue weighted by atomic mass is 32.2. The topological polar surface area (TPSA) is 131 Å². The van der Waals surface area contributed by atoms with Crippen LogP contribution < -0.4 is 14.8 Å². The molecule has 5 aromatic rings. The van der Waals surface area contributed by atoms with Crippen molar-refractivity contribution in [2.24, 2.45) is 0 Å². The molecular formula is C24H20N6O4S. The van der Waals surface area contributed by atoms with Gasteiger partial charge in [0, 0.05) is 30.7 Å². The summed E-state index contributed by atoms with van der Waals surface area (Å²) in [5.41, 5.74) is 2.78. The van der Waals surface area contributed by atoms with Gasteiger partial charge in [0.1, 0.15) is 10.6 Å². The third-order valence-electron chi connectivity index (χ3n) is 5.12. The number of carbonyl (C=O) groups is 1. The Morgan fingerprint density at radius 1 is 1.03 bits per heavy atom. The van der Waals surface area contributed by atoms with Crippen molar-refractivity contribution in [1.29, 1.82) is 0 Å². The van der Waals surface area contributed by atoms with Crippen LogP contribution in [0, 0.1) is 0 Å². The first kappa shape index (κ1) is 22.2. The zero-order valence-corrected chi connectivity index (χ0v) is 19.1. The van der Waals surface area contributed by atoms with E-state index in [-0.39, 0.29) is 16.6 Å². The fourth-order valence-corrected chi connectivity index (χ4v) is 4.32. The SMILES string of the molecule is O=C(NCc1ccccc1)Nc1nc2cc(OS(=O)(=O)c3ccc(-n4ccnc4)cc3)ccc2[nH]1. The molecule has 0 saturated heterocycles. The number of imidazole rings is 2. The molecule has 2 heterocycles. The van der Waals surface area contributed by atoms with Crippen LogP contribution in [-0.4, -0.2) is 34.0 Å². The van der Waals surface area contributed by atoms with E-state index >= 15 is 0 Å². The number of urea groups is 1. The minimum atomic E-state index is -4.06. The largest absolute Gasteiger partial charge is 0.379 e. The van der Waals surface area contributed by atoms with Crippen molar-refractivity contribution < 1.29 is 17.4 Å². The lowest BCUT2D eigenvalue weighted by atomic mass is 10.2. The predicted octanol–water partition coefficient (Wildman–Crippen LogP) is 3.84. The fraction of sp³-hybridized carbons (Fsp3) is 0.0417. The van der Waals surface area contributed by atoms with Gasteiger partial charge in [0.25, 0.3) is 0 Å². The summed E-state index contributed by atoms with van der Waals surface area (Å²) < 4.78 is 32.5. The van der Waals surface area contributed by atoms with E-state index in [1.165, 1.54) is 24.3 Å². The van der Waals surface area contributed by atoms with Gasteiger partial charge in [-0.15, -0.1) is 0 Å². The van der Waals surface area contributed by atoms with E-state index in [2.05, 4.69) is 25.6 Å². The van der Waals surface area contributed by atoms with Gasteiger partial charge in [-0.2, -0.15) is 8.42 Å². The van der Waals surface area contributed by atoms with E-state index in [9.17, 15) is 13.2 Å². The van der Waals surface area contributed by atoms with E-state index in [1.807, 2.05) is 30.3 Å². The normalized spacial score (nSPS) is 11.3. The fourth-order valence-electron chi connectivity index (χ4n) is 3.40. The Kier molecular flexibility index (Phi) is 5.90. The van der Waals surface area contributed by atoms with Gasteiger partial charge in [-0.3, -0.25) is 5.32 Å². The highest BCUT2D eigenvalue weighted by molar-refractivity contribution is 7.87. The molecule has 0 radical (unpaired) electrons. The Morgan fingerprint density at radius 2 is 1.83 bits per heavy atom. The first-order valence-corrected chi connectivity index (χ1v) is 12.0. The Bertz CT molecular complexity index is 1560. The number of H-pyrrole nitrogens is 1. The van der Waals surface area contributed by atoms with Crippen molar-refractivity contribution in [1.82, 2.24) is 24.8 Å². The number of rotatable bonds is 7. The summed E-state index contributed by atoms with van der Waals surface area (Å²) in [6.45, 7) is 0.367. The zero-order valence-electron chi connectivity index (χ0n) is 18.3. The highest BCUT2D eigenvalue weighted by Gasteiger charge is 2.18. The summed E-state index contributed by atoms with van der Waals surface area (Å²) in [6, 6.07) is 20.0. The predicted molar refractivity (Wildman–Crippen MR) is 130 cm³/mol. The molecule has 0 bridgehead atoms. The molecule has 0 spiro atoms. The third-order valence-corrected chi connectivity index (χ3v) is 6.38. The Balaban J connectivity index is 1.26. The molecule has 10 nitrogen and oxygen atoms in total. The molecule has 2 amide bonds. The van der Waals surface area contributed by atoms with Gasteiger partial charge >= 0.3 is 16.1 Å².